The van der Waals surface area contributed by atoms with Crippen LogP contribution >= 0.6 is 0 Å². The predicted octanol–water partition coefficient (Wildman–Crippen LogP) is 2.11. The molecule has 1 aromatic carbocycles. The van der Waals surface area contributed by atoms with E-state index in [-0.39, 0.29) is 11.2 Å². The molecule has 3 rings (SSSR count). The normalized spacial score (nSPS) is 11.1. The minimum atomic E-state index is -0.510. The van der Waals surface area contributed by atoms with Crippen LogP contribution in [-0.4, -0.2) is 38.9 Å². The number of carbonyl (C=O) groups is 2. The molecule has 28 heavy (non-hydrogen) atoms. The minimum absolute atomic E-state index is 0.219. The average molecular weight is 382 g/mol. The molecule has 2 amide bonds. The van der Waals surface area contributed by atoms with Crippen molar-refractivity contribution in [3.63, 3.8) is 0 Å². The Balaban J connectivity index is 1.61. The van der Waals surface area contributed by atoms with Crippen LogP contribution in [0.5, 0.6) is 5.75 Å². The Hall–Kier alpha value is -3.62. The summed E-state index contributed by atoms with van der Waals surface area (Å²) in [7, 11) is 1.59. The van der Waals surface area contributed by atoms with E-state index in [1.54, 1.807) is 24.1 Å². The van der Waals surface area contributed by atoms with Crippen LogP contribution in [-0.2, 0) is 5.54 Å². The molecule has 146 valence electrons. The van der Waals surface area contributed by atoms with E-state index in [1.165, 1.54) is 6.20 Å². The molecule has 0 saturated carbocycles. The third-order valence-electron chi connectivity index (χ3n) is 4.03. The molecule has 0 saturated heterocycles. The monoisotopic (exact) mass is 382 g/mol. The highest BCUT2D eigenvalue weighted by molar-refractivity contribution is 5.98. The highest BCUT2D eigenvalue weighted by Gasteiger charge is 2.18. The third kappa shape index (κ3) is 4.20. The van der Waals surface area contributed by atoms with Crippen molar-refractivity contribution in [2.24, 2.45) is 0 Å². The van der Waals surface area contributed by atoms with Gasteiger partial charge < -0.3 is 4.74 Å². The number of aromatic nitrogens is 4. The number of rotatable bonds is 4. The Labute approximate surface area is 162 Å². The van der Waals surface area contributed by atoms with Gasteiger partial charge in [-0.15, -0.1) is 0 Å². The number of nitrogens with one attached hydrogen (secondary N) is 3. The van der Waals surface area contributed by atoms with Crippen LogP contribution in [0, 0.1) is 0 Å². The summed E-state index contributed by atoms with van der Waals surface area (Å²) in [5.41, 5.74) is 6.49. The fourth-order valence-corrected chi connectivity index (χ4v) is 2.41. The molecule has 3 N–H and O–H groups in total. The summed E-state index contributed by atoms with van der Waals surface area (Å²) in [6.45, 7) is 5.92. The van der Waals surface area contributed by atoms with Gasteiger partial charge in [0.1, 0.15) is 11.4 Å². The molecule has 0 radical (unpaired) electrons. The first-order valence-corrected chi connectivity index (χ1v) is 8.63. The fourth-order valence-electron chi connectivity index (χ4n) is 2.41. The number of H-pyrrole nitrogens is 1. The largest absolute Gasteiger partial charge is 0.497 e. The number of hydrazine groups is 1. The number of carbonyl (C=O) groups excluding carboxylic acids is 2. The van der Waals surface area contributed by atoms with Crippen LogP contribution in [0.25, 0.3) is 11.3 Å². The molecule has 3 aromatic rings. The number of amides is 2. The molecule has 2 aromatic heterocycles. The maximum Gasteiger partial charge on any atom is 0.287 e. The Morgan fingerprint density at radius 3 is 2.39 bits per heavy atom. The summed E-state index contributed by atoms with van der Waals surface area (Å²) in [6, 6.07) is 8.89. The van der Waals surface area contributed by atoms with Crippen LogP contribution in [0.4, 0.5) is 0 Å². The number of nitrogens with zero attached hydrogens (tertiary/aromatic N) is 3. The highest BCUT2D eigenvalue weighted by Crippen LogP contribution is 2.21. The molecule has 0 aliphatic rings. The highest BCUT2D eigenvalue weighted by atomic mass is 16.5. The van der Waals surface area contributed by atoms with Crippen molar-refractivity contribution in [1.82, 2.24) is 30.8 Å². The molecule has 2 heterocycles. The Morgan fingerprint density at radius 1 is 1.11 bits per heavy atom. The second-order valence-corrected chi connectivity index (χ2v) is 7.15. The van der Waals surface area contributed by atoms with Gasteiger partial charge in [-0.3, -0.25) is 30.2 Å². The van der Waals surface area contributed by atoms with E-state index in [0.29, 0.717) is 11.3 Å². The van der Waals surface area contributed by atoms with Crippen LogP contribution in [0.15, 0.2) is 42.7 Å². The molecule has 0 bridgehead atoms. The SMILES string of the molecule is COc1ccc(-c2cc(C(=O)NNC(=O)c3cnn(C(C)(C)C)c3)[nH]n2)cc1. The zero-order valence-corrected chi connectivity index (χ0v) is 16.1. The Bertz CT molecular complexity index is 982. The molecular formula is C19H22N6O3. The first-order valence-electron chi connectivity index (χ1n) is 8.63. The number of methoxy groups -OCH3 is 1. The molecule has 0 fully saturated rings. The van der Waals surface area contributed by atoms with Gasteiger partial charge in [-0.05, 0) is 51.1 Å². The Kier molecular flexibility index (Phi) is 5.16. The lowest BCUT2D eigenvalue weighted by molar-refractivity contribution is 0.0844. The smallest absolute Gasteiger partial charge is 0.287 e. The van der Waals surface area contributed by atoms with Crippen molar-refractivity contribution in [3.05, 3.63) is 54.0 Å². The van der Waals surface area contributed by atoms with Gasteiger partial charge in [0.05, 0.1) is 30.1 Å². The summed E-state index contributed by atoms with van der Waals surface area (Å²) in [4.78, 5) is 24.4. The topological polar surface area (TPSA) is 114 Å². The summed E-state index contributed by atoms with van der Waals surface area (Å²) >= 11 is 0. The zero-order chi connectivity index (χ0) is 20.3. The van der Waals surface area contributed by atoms with E-state index >= 15 is 0 Å². The van der Waals surface area contributed by atoms with E-state index in [0.717, 1.165) is 11.3 Å². The quantitative estimate of drug-likeness (QED) is 0.598. The first kappa shape index (κ1) is 19.2. The lowest BCUT2D eigenvalue weighted by Gasteiger charge is -2.18. The van der Waals surface area contributed by atoms with Gasteiger partial charge in [-0.2, -0.15) is 10.2 Å². The van der Waals surface area contributed by atoms with Crippen molar-refractivity contribution in [1.29, 1.82) is 0 Å². The maximum absolute atomic E-state index is 12.3. The van der Waals surface area contributed by atoms with Crippen LogP contribution in [0.1, 0.15) is 41.6 Å². The molecule has 9 heteroatoms. The molecular weight excluding hydrogens is 360 g/mol. The van der Waals surface area contributed by atoms with Crippen molar-refractivity contribution in [2.75, 3.05) is 7.11 Å². The van der Waals surface area contributed by atoms with Crippen molar-refractivity contribution in [2.45, 2.75) is 26.3 Å². The number of aromatic amines is 1. The van der Waals surface area contributed by atoms with E-state index in [1.807, 2.05) is 45.0 Å². The third-order valence-corrected chi connectivity index (χ3v) is 4.03. The summed E-state index contributed by atoms with van der Waals surface area (Å²) in [5, 5.41) is 10.9. The number of benzene rings is 1. The lowest BCUT2D eigenvalue weighted by Crippen LogP contribution is -2.41. The van der Waals surface area contributed by atoms with Gasteiger partial charge in [-0.1, -0.05) is 0 Å². The molecule has 0 atom stereocenters. The van der Waals surface area contributed by atoms with E-state index < -0.39 is 11.8 Å². The molecule has 0 unspecified atom stereocenters. The molecule has 0 aliphatic heterocycles. The average Bonchev–Trinajstić information content (AvgIpc) is 3.35. The number of hydrogen-bond acceptors (Lipinski definition) is 5. The van der Waals surface area contributed by atoms with Gasteiger partial charge >= 0.3 is 0 Å². The summed E-state index contributed by atoms with van der Waals surface area (Å²) < 4.78 is 6.80. The number of hydrogen-bond donors (Lipinski definition) is 3. The maximum atomic E-state index is 12.3. The van der Waals surface area contributed by atoms with Gasteiger partial charge in [0, 0.05) is 11.8 Å². The van der Waals surface area contributed by atoms with E-state index in [4.69, 9.17) is 4.74 Å². The predicted molar refractivity (Wildman–Crippen MR) is 103 cm³/mol. The van der Waals surface area contributed by atoms with Crippen LogP contribution in [0.2, 0.25) is 0 Å². The fraction of sp³-hybridized carbons (Fsp3) is 0.263. The lowest BCUT2D eigenvalue weighted by atomic mass is 10.1. The first-order chi connectivity index (χ1) is 13.3. The Morgan fingerprint density at radius 2 is 1.79 bits per heavy atom. The van der Waals surface area contributed by atoms with Gasteiger partial charge in [0.25, 0.3) is 11.8 Å². The molecule has 9 nitrogen and oxygen atoms in total. The van der Waals surface area contributed by atoms with Gasteiger partial charge in [-0.25, -0.2) is 0 Å². The molecule has 0 spiro atoms. The van der Waals surface area contributed by atoms with E-state index in [9.17, 15) is 9.59 Å². The van der Waals surface area contributed by atoms with Crippen LogP contribution < -0.4 is 15.6 Å². The standard InChI is InChI=1S/C19H22N6O3/c1-19(2,3)25-11-13(10-20-25)17(26)23-24-18(27)16-9-15(21-22-16)12-5-7-14(28-4)8-6-12/h5-11H,1-4H3,(H,21,22)(H,23,26)(H,24,27). The van der Waals surface area contributed by atoms with Crippen molar-refractivity contribution in [3.8, 4) is 17.0 Å². The van der Waals surface area contributed by atoms with Gasteiger partial charge in [0.15, 0.2) is 0 Å². The number of ether oxygens (including phenoxy) is 1. The summed E-state index contributed by atoms with van der Waals surface area (Å²) in [6.07, 6.45) is 3.07. The minimum Gasteiger partial charge on any atom is -0.497 e. The van der Waals surface area contributed by atoms with Crippen molar-refractivity contribution >= 4 is 11.8 Å². The van der Waals surface area contributed by atoms with Gasteiger partial charge in [0.2, 0.25) is 0 Å². The van der Waals surface area contributed by atoms with E-state index in [2.05, 4.69) is 26.1 Å². The molecule has 0 aliphatic carbocycles. The second-order valence-electron chi connectivity index (χ2n) is 7.15. The second kappa shape index (κ2) is 7.55. The summed E-state index contributed by atoms with van der Waals surface area (Å²) in [5.74, 6) is -0.239. The zero-order valence-electron chi connectivity index (χ0n) is 16.1. The van der Waals surface area contributed by atoms with Crippen molar-refractivity contribution < 1.29 is 14.3 Å². The van der Waals surface area contributed by atoms with Crippen LogP contribution in [0.3, 0.4) is 0 Å².